The highest BCUT2D eigenvalue weighted by Crippen LogP contribution is 2.14. The maximum atomic E-state index is 12.1. The Bertz CT molecular complexity index is 858. The van der Waals surface area contributed by atoms with Gasteiger partial charge in [-0.1, -0.05) is 23.7 Å². The van der Waals surface area contributed by atoms with Crippen molar-refractivity contribution in [3.8, 4) is 0 Å². The smallest absolute Gasteiger partial charge is 0.412 e. The van der Waals surface area contributed by atoms with Crippen molar-refractivity contribution in [2.45, 2.75) is 32.9 Å². The Morgan fingerprint density at radius 1 is 0.966 bits per heavy atom. The molecule has 2 aromatic rings. The summed E-state index contributed by atoms with van der Waals surface area (Å²) in [5.41, 5.74) is 0.992. The summed E-state index contributed by atoms with van der Waals surface area (Å²) in [4.78, 5) is 35.6. The number of carbonyl (C=O) groups excluding carboxylic acids is 3. The van der Waals surface area contributed by atoms with Crippen molar-refractivity contribution in [1.82, 2.24) is 5.32 Å². The molecule has 2 N–H and O–H groups in total. The van der Waals surface area contributed by atoms with Crippen LogP contribution in [0.1, 0.15) is 36.7 Å². The van der Waals surface area contributed by atoms with Crippen molar-refractivity contribution < 1.29 is 23.9 Å². The molecule has 29 heavy (non-hydrogen) atoms. The van der Waals surface area contributed by atoms with Gasteiger partial charge in [0.2, 0.25) is 0 Å². The molecule has 0 saturated heterocycles. The number of benzene rings is 2. The van der Waals surface area contributed by atoms with Crippen LogP contribution < -0.4 is 10.6 Å². The molecule has 0 fully saturated rings. The number of esters is 1. The Morgan fingerprint density at radius 2 is 1.59 bits per heavy atom. The molecule has 7 nitrogen and oxygen atoms in total. The zero-order valence-electron chi connectivity index (χ0n) is 16.5. The third-order valence-corrected chi connectivity index (χ3v) is 3.76. The van der Waals surface area contributed by atoms with Gasteiger partial charge in [-0.25, -0.2) is 9.59 Å². The van der Waals surface area contributed by atoms with Crippen molar-refractivity contribution in [3.63, 3.8) is 0 Å². The summed E-state index contributed by atoms with van der Waals surface area (Å²) < 4.78 is 10.2. The van der Waals surface area contributed by atoms with E-state index in [-0.39, 0.29) is 5.56 Å². The number of halogens is 1. The lowest BCUT2D eigenvalue weighted by molar-refractivity contribution is -0.124. The van der Waals surface area contributed by atoms with Crippen LogP contribution in [0.3, 0.4) is 0 Å². The van der Waals surface area contributed by atoms with Gasteiger partial charge >= 0.3 is 12.1 Å². The highest BCUT2D eigenvalue weighted by Gasteiger charge is 2.16. The minimum absolute atomic E-state index is 0.255. The number of amides is 2. The molecule has 2 rings (SSSR count). The Labute approximate surface area is 174 Å². The van der Waals surface area contributed by atoms with Gasteiger partial charge in [0.1, 0.15) is 5.60 Å². The van der Waals surface area contributed by atoms with Crippen LogP contribution in [0.2, 0.25) is 5.02 Å². The van der Waals surface area contributed by atoms with Crippen molar-refractivity contribution >= 4 is 35.3 Å². The summed E-state index contributed by atoms with van der Waals surface area (Å²) >= 11 is 5.81. The van der Waals surface area contributed by atoms with E-state index < -0.39 is 30.2 Å². The maximum Gasteiger partial charge on any atom is 0.412 e. The maximum absolute atomic E-state index is 12.1. The second-order valence-corrected chi connectivity index (χ2v) is 7.62. The fraction of sp³-hybridized carbons (Fsp3) is 0.286. The fourth-order valence-corrected chi connectivity index (χ4v) is 2.31. The van der Waals surface area contributed by atoms with E-state index in [1.54, 1.807) is 57.2 Å². The van der Waals surface area contributed by atoms with Gasteiger partial charge in [0.05, 0.1) is 5.56 Å². The second-order valence-electron chi connectivity index (χ2n) is 7.18. The predicted molar refractivity (Wildman–Crippen MR) is 110 cm³/mol. The Kier molecular flexibility index (Phi) is 7.61. The number of ether oxygens (including phenoxy) is 2. The average molecular weight is 419 g/mol. The van der Waals surface area contributed by atoms with Gasteiger partial charge in [-0.05, 0) is 62.7 Å². The van der Waals surface area contributed by atoms with Crippen LogP contribution in [0.15, 0.2) is 48.5 Å². The van der Waals surface area contributed by atoms with Crippen LogP contribution in [0.5, 0.6) is 0 Å². The Hall–Kier alpha value is -3.06. The molecule has 0 aliphatic carbocycles. The van der Waals surface area contributed by atoms with E-state index in [0.29, 0.717) is 17.3 Å². The molecule has 0 atom stereocenters. The quantitative estimate of drug-likeness (QED) is 0.687. The normalized spacial score (nSPS) is 10.8. The molecule has 8 heteroatoms. The highest BCUT2D eigenvalue weighted by atomic mass is 35.5. The third-order valence-electron chi connectivity index (χ3n) is 3.50. The van der Waals surface area contributed by atoms with Crippen molar-refractivity contribution in [2.75, 3.05) is 11.9 Å². The van der Waals surface area contributed by atoms with Gasteiger partial charge in [0.15, 0.2) is 6.61 Å². The largest absolute Gasteiger partial charge is 0.452 e. The van der Waals surface area contributed by atoms with Gasteiger partial charge in [-0.2, -0.15) is 0 Å². The van der Waals surface area contributed by atoms with E-state index in [0.717, 1.165) is 5.56 Å². The molecule has 154 valence electrons. The summed E-state index contributed by atoms with van der Waals surface area (Å²) in [5, 5.41) is 5.83. The molecule has 0 aliphatic rings. The first-order chi connectivity index (χ1) is 13.6. The predicted octanol–water partition coefficient (Wildman–Crippen LogP) is 4.16. The van der Waals surface area contributed by atoms with E-state index in [4.69, 9.17) is 21.1 Å². The molecule has 0 heterocycles. The molecule has 0 bridgehead atoms. The molecule has 0 aliphatic heterocycles. The summed E-state index contributed by atoms with van der Waals surface area (Å²) in [7, 11) is 0. The molecule has 0 aromatic heterocycles. The van der Waals surface area contributed by atoms with Crippen LogP contribution in [-0.2, 0) is 20.8 Å². The van der Waals surface area contributed by atoms with Crippen LogP contribution in [0, 0.1) is 0 Å². The molecule has 0 unspecified atom stereocenters. The minimum Gasteiger partial charge on any atom is -0.452 e. The van der Waals surface area contributed by atoms with E-state index in [1.807, 2.05) is 0 Å². The second kappa shape index (κ2) is 9.93. The summed E-state index contributed by atoms with van der Waals surface area (Å²) in [5.74, 6) is -1.06. The van der Waals surface area contributed by atoms with Gasteiger partial charge in [-0.3, -0.25) is 10.1 Å². The first-order valence-corrected chi connectivity index (χ1v) is 9.28. The first kappa shape index (κ1) is 22.2. The van der Waals surface area contributed by atoms with Crippen LogP contribution >= 0.6 is 11.6 Å². The fourth-order valence-electron chi connectivity index (χ4n) is 2.18. The monoisotopic (exact) mass is 418 g/mol. The molecular weight excluding hydrogens is 396 g/mol. The first-order valence-electron chi connectivity index (χ1n) is 8.91. The van der Waals surface area contributed by atoms with Gasteiger partial charge in [0.25, 0.3) is 5.91 Å². The van der Waals surface area contributed by atoms with Gasteiger partial charge in [-0.15, -0.1) is 0 Å². The molecule has 2 amide bonds. The van der Waals surface area contributed by atoms with Gasteiger partial charge < -0.3 is 14.8 Å². The van der Waals surface area contributed by atoms with Crippen molar-refractivity contribution in [1.29, 1.82) is 0 Å². The number of rotatable bonds is 6. The number of nitrogens with one attached hydrogen (secondary N) is 2. The third kappa shape index (κ3) is 8.23. The van der Waals surface area contributed by atoms with E-state index >= 15 is 0 Å². The number of anilines is 1. The van der Waals surface area contributed by atoms with E-state index in [1.165, 1.54) is 12.1 Å². The average Bonchev–Trinajstić information content (AvgIpc) is 2.64. The SMILES string of the molecule is CC(C)(C)OC(=O)Nc1ccc(C(=O)OCC(=O)NCc2ccc(Cl)cc2)cc1. The Balaban J connectivity index is 1.77. The summed E-state index contributed by atoms with van der Waals surface area (Å²) in [6.07, 6.45) is -0.592. The van der Waals surface area contributed by atoms with E-state index in [9.17, 15) is 14.4 Å². The van der Waals surface area contributed by atoms with Crippen LogP contribution in [0.4, 0.5) is 10.5 Å². The molecular formula is C21H23ClN2O5. The number of carbonyl (C=O) groups is 3. The lowest BCUT2D eigenvalue weighted by Crippen LogP contribution is -2.28. The van der Waals surface area contributed by atoms with Gasteiger partial charge in [0, 0.05) is 17.3 Å². The number of hydrogen-bond acceptors (Lipinski definition) is 5. The molecule has 0 radical (unpaired) electrons. The highest BCUT2D eigenvalue weighted by molar-refractivity contribution is 6.30. The van der Waals surface area contributed by atoms with Crippen LogP contribution in [0.25, 0.3) is 0 Å². The standard InChI is InChI=1S/C21H23ClN2O5/c1-21(2,3)29-20(27)24-17-10-6-15(7-11-17)19(26)28-13-18(25)23-12-14-4-8-16(22)9-5-14/h4-11H,12-13H2,1-3H3,(H,23,25)(H,24,27). The summed E-state index contributed by atoms with van der Waals surface area (Å²) in [6.45, 7) is 5.19. The lowest BCUT2D eigenvalue weighted by atomic mass is 10.2. The summed E-state index contributed by atoms with van der Waals surface area (Å²) in [6, 6.07) is 13.1. The Morgan fingerprint density at radius 3 is 2.17 bits per heavy atom. The topological polar surface area (TPSA) is 93.7 Å². The lowest BCUT2D eigenvalue weighted by Gasteiger charge is -2.19. The minimum atomic E-state index is -0.643. The van der Waals surface area contributed by atoms with Crippen LogP contribution in [-0.4, -0.2) is 30.2 Å². The van der Waals surface area contributed by atoms with Crippen molar-refractivity contribution in [3.05, 3.63) is 64.7 Å². The molecule has 0 spiro atoms. The van der Waals surface area contributed by atoms with E-state index in [2.05, 4.69) is 10.6 Å². The van der Waals surface area contributed by atoms with Crippen molar-refractivity contribution in [2.24, 2.45) is 0 Å². The zero-order valence-corrected chi connectivity index (χ0v) is 17.2. The molecule has 2 aromatic carbocycles. The molecule has 0 saturated carbocycles. The number of hydrogen-bond donors (Lipinski definition) is 2. The zero-order chi connectivity index (χ0) is 21.4.